The zero-order chi connectivity index (χ0) is 20.1. The lowest BCUT2D eigenvalue weighted by Crippen LogP contribution is -2.49. The minimum atomic E-state index is -4.51. The first-order valence-electron chi connectivity index (χ1n) is 8.74. The minimum absolute atomic E-state index is 0.218. The number of halogens is 3. The number of nitrogens with zero attached hydrogens (tertiary/aromatic N) is 3. The van der Waals surface area contributed by atoms with E-state index in [0.717, 1.165) is 18.5 Å². The van der Waals surface area contributed by atoms with E-state index in [-0.39, 0.29) is 23.3 Å². The fraction of sp³-hybridized carbons (Fsp3) is 0.529. The van der Waals surface area contributed by atoms with Gasteiger partial charge in [-0.2, -0.15) is 13.2 Å². The van der Waals surface area contributed by atoms with E-state index < -0.39 is 30.6 Å². The lowest BCUT2D eigenvalue weighted by Gasteiger charge is -2.24. The van der Waals surface area contributed by atoms with Crippen molar-refractivity contribution < 1.29 is 27.3 Å². The molecule has 11 heteroatoms. The quantitative estimate of drug-likeness (QED) is 0.828. The van der Waals surface area contributed by atoms with Crippen LogP contribution in [0.5, 0.6) is 0 Å². The maximum Gasteiger partial charge on any atom is 0.405 e. The van der Waals surface area contributed by atoms with Crippen molar-refractivity contribution in [2.24, 2.45) is 0 Å². The lowest BCUT2D eigenvalue weighted by molar-refractivity contribution is -0.140. The summed E-state index contributed by atoms with van der Waals surface area (Å²) in [6, 6.07) is 0.729. The number of amides is 2. The van der Waals surface area contributed by atoms with Gasteiger partial charge < -0.3 is 14.7 Å². The van der Waals surface area contributed by atoms with Crippen LogP contribution in [0.15, 0.2) is 10.6 Å². The number of nitrogens with one attached hydrogen (secondary N) is 1. The molecule has 150 valence electrons. The Morgan fingerprint density at radius 1 is 1.39 bits per heavy atom. The number of aromatic nitrogens is 2. The average Bonchev–Trinajstić information content (AvgIpc) is 3.26. The number of rotatable bonds is 4. The van der Waals surface area contributed by atoms with E-state index in [4.69, 9.17) is 4.52 Å². The fourth-order valence-electron chi connectivity index (χ4n) is 3.19. The SMILES string of the molecule is Cc1noc2nc(C3CC3)cc(C(=O)N3CSCC3C(=O)NCC(F)(F)F)c12. The number of hydrogen-bond donors (Lipinski definition) is 1. The summed E-state index contributed by atoms with van der Waals surface area (Å²) >= 11 is 1.32. The molecule has 7 nitrogen and oxygen atoms in total. The molecule has 2 aliphatic rings. The first-order chi connectivity index (χ1) is 13.2. The molecule has 2 aromatic heterocycles. The third kappa shape index (κ3) is 3.67. The number of aryl methyl sites for hydroxylation is 1. The van der Waals surface area contributed by atoms with Crippen LogP contribution >= 0.6 is 11.8 Å². The van der Waals surface area contributed by atoms with E-state index in [9.17, 15) is 22.8 Å². The molecule has 3 heterocycles. The van der Waals surface area contributed by atoms with Crippen LogP contribution < -0.4 is 5.32 Å². The minimum Gasteiger partial charge on any atom is -0.345 e. The molecule has 0 aromatic carbocycles. The number of pyridine rings is 1. The molecule has 1 N–H and O–H groups in total. The van der Waals surface area contributed by atoms with Gasteiger partial charge in [0.1, 0.15) is 12.6 Å². The Morgan fingerprint density at radius 3 is 2.82 bits per heavy atom. The monoisotopic (exact) mass is 414 g/mol. The Balaban J connectivity index is 1.63. The Kier molecular flexibility index (Phi) is 4.72. The predicted octanol–water partition coefficient (Wildman–Crippen LogP) is 2.60. The van der Waals surface area contributed by atoms with Crippen LogP contribution in [0.25, 0.3) is 11.1 Å². The van der Waals surface area contributed by atoms with E-state index in [1.54, 1.807) is 13.0 Å². The topological polar surface area (TPSA) is 88.3 Å². The summed E-state index contributed by atoms with van der Waals surface area (Å²) in [5.74, 6) is -0.527. The van der Waals surface area contributed by atoms with Crippen molar-refractivity contribution in [1.82, 2.24) is 20.4 Å². The number of carbonyl (C=O) groups excluding carboxylic acids is 2. The van der Waals surface area contributed by atoms with Gasteiger partial charge in [0.15, 0.2) is 0 Å². The second kappa shape index (κ2) is 6.94. The summed E-state index contributed by atoms with van der Waals surface area (Å²) in [5.41, 5.74) is 1.81. The van der Waals surface area contributed by atoms with Crippen molar-refractivity contribution in [3.63, 3.8) is 0 Å². The molecular formula is C17H17F3N4O3S. The summed E-state index contributed by atoms with van der Waals surface area (Å²) in [7, 11) is 0. The van der Waals surface area contributed by atoms with Gasteiger partial charge in [0.05, 0.1) is 22.5 Å². The molecule has 1 saturated carbocycles. The third-order valence-electron chi connectivity index (χ3n) is 4.77. The highest BCUT2D eigenvalue weighted by molar-refractivity contribution is 7.99. The van der Waals surface area contributed by atoms with Gasteiger partial charge in [0.2, 0.25) is 5.91 Å². The van der Waals surface area contributed by atoms with Crippen molar-refractivity contribution in [2.75, 3.05) is 18.2 Å². The van der Waals surface area contributed by atoms with Crippen molar-refractivity contribution in [3.05, 3.63) is 23.0 Å². The van der Waals surface area contributed by atoms with E-state index in [1.165, 1.54) is 16.7 Å². The highest BCUT2D eigenvalue weighted by atomic mass is 32.2. The summed E-state index contributed by atoms with van der Waals surface area (Å²) in [4.78, 5) is 31.2. The lowest BCUT2D eigenvalue weighted by atomic mass is 10.1. The number of carbonyl (C=O) groups is 2. The second-order valence-corrected chi connectivity index (χ2v) is 7.94. The van der Waals surface area contributed by atoms with Gasteiger partial charge in [0.25, 0.3) is 11.6 Å². The largest absolute Gasteiger partial charge is 0.405 e. The van der Waals surface area contributed by atoms with Crippen LogP contribution in [-0.4, -0.2) is 57.2 Å². The van der Waals surface area contributed by atoms with Gasteiger partial charge in [0, 0.05) is 17.4 Å². The fourth-order valence-corrected chi connectivity index (χ4v) is 4.34. The molecule has 0 radical (unpaired) electrons. The molecule has 0 spiro atoms. The zero-order valence-electron chi connectivity index (χ0n) is 14.9. The third-order valence-corrected chi connectivity index (χ3v) is 5.78. The molecule has 1 atom stereocenters. The molecular weight excluding hydrogens is 397 g/mol. The van der Waals surface area contributed by atoms with Crippen molar-refractivity contribution in [3.8, 4) is 0 Å². The van der Waals surface area contributed by atoms with Crippen LogP contribution in [0.1, 0.15) is 40.5 Å². The molecule has 0 bridgehead atoms. The molecule has 2 amide bonds. The molecule has 1 aliphatic carbocycles. The number of thioether (sulfide) groups is 1. The van der Waals surface area contributed by atoms with Crippen molar-refractivity contribution in [1.29, 1.82) is 0 Å². The molecule has 1 aliphatic heterocycles. The highest BCUT2D eigenvalue weighted by Crippen LogP contribution is 2.41. The molecule has 1 unspecified atom stereocenters. The Hall–Kier alpha value is -2.30. The molecule has 1 saturated heterocycles. The van der Waals surface area contributed by atoms with Crippen LogP contribution in [-0.2, 0) is 4.79 Å². The van der Waals surface area contributed by atoms with Crippen LogP contribution in [0, 0.1) is 6.92 Å². The summed E-state index contributed by atoms with van der Waals surface area (Å²) < 4.78 is 42.5. The Morgan fingerprint density at radius 2 is 2.14 bits per heavy atom. The maximum atomic E-state index is 13.2. The smallest absolute Gasteiger partial charge is 0.345 e. The normalized spacial score (nSPS) is 20.0. The van der Waals surface area contributed by atoms with E-state index in [2.05, 4.69) is 10.1 Å². The first kappa shape index (κ1) is 19.0. The number of alkyl halides is 3. The van der Waals surface area contributed by atoms with Gasteiger partial charge >= 0.3 is 6.18 Å². The summed E-state index contributed by atoms with van der Waals surface area (Å²) in [5, 5.41) is 6.22. The number of fused-ring (bicyclic) bond motifs is 1. The van der Waals surface area contributed by atoms with Gasteiger partial charge in [-0.05, 0) is 25.8 Å². The maximum absolute atomic E-state index is 13.2. The van der Waals surface area contributed by atoms with Gasteiger partial charge in [-0.1, -0.05) is 5.16 Å². The van der Waals surface area contributed by atoms with Gasteiger partial charge in [-0.15, -0.1) is 11.8 Å². The zero-order valence-corrected chi connectivity index (χ0v) is 15.7. The van der Waals surface area contributed by atoms with Gasteiger partial charge in [-0.25, -0.2) is 4.98 Å². The molecule has 2 aromatic rings. The molecule has 28 heavy (non-hydrogen) atoms. The van der Waals surface area contributed by atoms with E-state index in [0.29, 0.717) is 16.6 Å². The Bertz CT molecular complexity index is 942. The first-order valence-corrected chi connectivity index (χ1v) is 9.90. The van der Waals surface area contributed by atoms with Crippen molar-refractivity contribution in [2.45, 2.75) is 37.9 Å². The summed E-state index contributed by atoms with van der Waals surface area (Å²) in [6.45, 7) is 0.262. The van der Waals surface area contributed by atoms with Crippen LogP contribution in [0.3, 0.4) is 0 Å². The molecule has 2 fully saturated rings. The number of hydrogen-bond acceptors (Lipinski definition) is 6. The summed E-state index contributed by atoms with van der Waals surface area (Å²) in [6.07, 6.45) is -2.56. The Labute approximate surface area is 162 Å². The van der Waals surface area contributed by atoms with Crippen LogP contribution in [0.2, 0.25) is 0 Å². The van der Waals surface area contributed by atoms with Crippen LogP contribution in [0.4, 0.5) is 13.2 Å². The van der Waals surface area contributed by atoms with Gasteiger partial charge in [-0.3, -0.25) is 9.59 Å². The van der Waals surface area contributed by atoms with Crippen molar-refractivity contribution >= 4 is 34.7 Å². The highest BCUT2D eigenvalue weighted by Gasteiger charge is 2.38. The average molecular weight is 414 g/mol. The molecule has 4 rings (SSSR count). The van der Waals surface area contributed by atoms with E-state index in [1.807, 2.05) is 5.32 Å². The second-order valence-electron chi connectivity index (χ2n) is 6.94. The predicted molar refractivity (Wildman–Crippen MR) is 94.9 cm³/mol. The standard InChI is InChI=1S/C17H17F3N4O3S/c1-8-13-10(4-11(9-2-3-9)22-15(13)27-23-8)16(26)24-7-28-5-12(24)14(25)21-6-17(18,19)20/h4,9,12H,2-3,5-7H2,1H3,(H,21,25). The van der Waals surface area contributed by atoms with E-state index >= 15 is 0 Å².